The molecule has 1 saturated heterocycles. The van der Waals surface area contributed by atoms with Crippen LogP contribution in [0.1, 0.15) is 51.1 Å². The number of benzene rings is 1. The lowest BCUT2D eigenvalue weighted by molar-refractivity contribution is -0.151. The lowest BCUT2D eigenvalue weighted by atomic mass is 9.92. The van der Waals surface area contributed by atoms with Gasteiger partial charge in [-0.05, 0) is 49.3 Å². The third-order valence-electron chi connectivity index (χ3n) is 7.05. The van der Waals surface area contributed by atoms with Crippen molar-refractivity contribution in [2.24, 2.45) is 10.9 Å². The second kappa shape index (κ2) is 12.6. The molecule has 0 N–H and O–H groups in total. The molecule has 3 aliphatic rings. The minimum Gasteiger partial charge on any atom is -0.497 e. The summed E-state index contributed by atoms with van der Waals surface area (Å²) in [6.45, 7) is 4.95. The average Bonchev–Trinajstić information content (AvgIpc) is 3.37. The number of esters is 2. The predicted octanol–water partition coefficient (Wildman–Crippen LogP) is 4.03. The highest BCUT2D eigenvalue weighted by atomic mass is 32.2. The number of piperidine rings is 1. The number of methoxy groups -OCH3 is 3. The van der Waals surface area contributed by atoms with E-state index in [-0.39, 0.29) is 24.2 Å². The van der Waals surface area contributed by atoms with Crippen LogP contribution < -0.4 is 9.47 Å². The van der Waals surface area contributed by atoms with Gasteiger partial charge in [0.15, 0.2) is 5.17 Å². The number of amidine groups is 1. The van der Waals surface area contributed by atoms with Crippen molar-refractivity contribution in [1.82, 2.24) is 9.80 Å². The molecule has 0 radical (unpaired) electrons. The van der Waals surface area contributed by atoms with Crippen LogP contribution in [0.3, 0.4) is 0 Å². The van der Waals surface area contributed by atoms with E-state index in [1.807, 2.05) is 29.4 Å². The Bertz CT molecular complexity index is 1200. The molecule has 1 aromatic carbocycles. The molecule has 39 heavy (non-hydrogen) atoms. The molecule has 2 atom stereocenters. The first-order valence-corrected chi connectivity index (χ1v) is 13.9. The average molecular weight is 558 g/mol. The maximum Gasteiger partial charge on any atom is 0.338 e. The van der Waals surface area contributed by atoms with Gasteiger partial charge < -0.3 is 28.7 Å². The lowest BCUT2D eigenvalue weighted by Gasteiger charge is -2.37. The number of nitrogens with zero attached hydrogens (tertiary/aromatic N) is 3. The van der Waals surface area contributed by atoms with Gasteiger partial charge in [0.1, 0.15) is 11.5 Å². The molecule has 11 heteroatoms. The maximum atomic E-state index is 13.5. The van der Waals surface area contributed by atoms with Gasteiger partial charge >= 0.3 is 11.9 Å². The second-order valence-electron chi connectivity index (χ2n) is 9.35. The Labute approximate surface area is 233 Å². The van der Waals surface area contributed by atoms with Gasteiger partial charge in [0, 0.05) is 24.9 Å². The number of hydrogen-bond acceptors (Lipinski definition) is 10. The number of carbonyl (C=O) groups excluding carboxylic acids is 3. The van der Waals surface area contributed by atoms with Gasteiger partial charge in [-0.2, -0.15) is 0 Å². The highest BCUT2D eigenvalue weighted by Gasteiger charge is 2.42. The minimum absolute atomic E-state index is 0.0923. The number of thioether (sulfide) groups is 1. The SMILES string of the molecule is CCOC(=O)[C@@H]1CCCN(C(=O)CC2=CSC3=NC(CC)=C(C(=O)OC)[C@H](c4cc(OC)cc(OC)c4)N23)C1. The Hall–Kier alpha value is -3.47. The Balaban J connectivity index is 1.68. The van der Waals surface area contributed by atoms with Crippen molar-refractivity contribution in [2.75, 3.05) is 41.0 Å². The third kappa shape index (κ3) is 5.93. The topological polar surface area (TPSA) is 107 Å². The monoisotopic (exact) mass is 557 g/mol. The summed E-state index contributed by atoms with van der Waals surface area (Å²) in [4.78, 5) is 47.4. The molecule has 0 aliphatic carbocycles. The first-order chi connectivity index (χ1) is 18.8. The molecule has 0 spiro atoms. The van der Waals surface area contributed by atoms with Gasteiger partial charge in [0.2, 0.25) is 5.91 Å². The molecule has 0 saturated carbocycles. The molecule has 1 fully saturated rings. The largest absolute Gasteiger partial charge is 0.497 e. The summed E-state index contributed by atoms with van der Waals surface area (Å²) in [5.74, 6) is -0.0195. The highest BCUT2D eigenvalue weighted by Crippen LogP contribution is 2.46. The summed E-state index contributed by atoms with van der Waals surface area (Å²) < 4.78 is 21.4. The van der Waals surface area contributed by atoms with Crippen LogP contribution in [-0.4, -0.2) is 73.8 Å². The number of ether oxygens (including phenoxy) is 4. The fraction of sp³-hybridized carbons (Fsp3) is 0.500. The van der Waals surface area contributed by atoms with Crippen LogP contribution in [0.5, 0.6) is 11.5 Å². The van der Waals surface area contributed by atoms with E-state index in [1.54, 1.807) is 32.1 Å². The first kappa shape index (κ1) is 28.5. The van der Waals surface area contributed by atoms with Crippen molar-refractivity contribution < 1.29 is 33.3 Å². The van der Waals surface area contributed by atoms with E-state index < -0.39 is 12.0 Å². The summed E-state index contributed by atoms with van der Waals surface area (Å²) in [6.07, 6.45) is 2.06. The van der Waals surface area contributed by atoms with Crippen LogP contribution in [-0.2, 0) is 23.9 Å². The Kier molecular flexibility index (Phi) is 9.21. The molecular weight excluding hydrogens is 522 g/mol. The Morgan fingerprint density at radius 3 is 2.41 bits per heavy atom. The molecule has 1 amide bonds. The van der Waals surface area contributed by atoms with Crippen LogP contribution >= 0.6 is 11.8 Å². The van der Waals surface area contributed by atoms with Crippen LogP contribution in [0.15, 0.2) is 45.6 Å². The van der Waals surface area contributed by atoms with Crippen molar-refractivity contribution in [3.05, 3.63) is 46.1 Å². The number of likely N-dealkylation sites (tertiary alicyclic amines) is 1. The Morgan fingerprint density at radius 2 is 1.79 bits per heavy atom. The van der Waals surface area contributed by atoms with Crippen molar-refractivity contribution in [3.8, 4) is 11.5 Å². The number of carbonyl (C=O) groups is 3. The van der Waals surface area contributed by atoms with Crippen LogP contribution in [0.4, 0.5) is 0 Å². The van der Waals surface area contributed by atoms with E-state index in [9.17, 15) is 14.4 Å². The number of amides is 1. The van der Waals surface area contributed by atoms with E-state index >= 15 is 0 Å². The quantitative estimate of drug-likeness (QED) is 0.416. The Morgan fingerprint density at radius 1 is 1.08 bits per heavy atom. The smallest absolute Gasteiger partial charge is 0.338 e. The van der Waals surface area contributed by atoms with Gasteiger partial charge in [0.25, 0.3) is 0 Å². The van der Waals surface area contributed by atoms with Crippen molar-refractivity contribution in [1.29, 1.82) is 0 Å². The predicted molar refractivity (Wildman–Crippen MR) is 147 cm³/mol. The van der Waals surface area contributed by atoms with E-state index in [1.165, 1.54) is 18.9 Å². The summed E-state index contributed by atoms with van der Waals surface area (Å²) in [6, 6.07) is 4.86. The van der Waals surface area contributed by atoms with Crippen LogP contribution in [0.2, 0.25) is 0 Å². The van der Waals surface area contributed by atoms with Gasteiger partial charge in [-0.25, -0.2) is 9.79 Å². The van der Waals surface area contributed by atoms with Gasteiger partial charge in [-0.3, -0.25) is 9.59 Å². The minimum atomic E-state index is -0.605. The van der Waals surface area contributed by atoms with Crippen molar-refractivity contribution >= 4 is 34.8 Å². The zero-order valence-electron chi connectivity index (χ0n) is 23.0. The maximum absolute atomic E-state index is 13.5. The standard InChI is InChI=1S/C28H35N3O7S/c1-6-22-24(27(34)37-5)25(18-11-20(35-3)14-21(12-18)36-4)31-19(16-39-28(31)29-22)13-23(32)30-10-8-9-17(15-30)26(33)38-7-2/h11-12,14,16-17,25H,6-10,13,15H2,1-5H3/t17-,25+/m1/s1. The molecule has 1 aromatic rings. The summed E-state index contributed by atoms with van der Waals surface area (Å²) in [5.41, 5.74) is 2.48. The molecule has 0 unspecified atom stereocenters. The fourth-order valence-electron chi connectivity index (χ4n) is 5.14. The number of hydrogen-bond donors (Lipinski definition) is 0. The molecular formula is C28H35N3O7S. The number of allylic oxidation sites excluding steroid dienone is 1. The van der Waals surface area contributed by atoms with Crippen molar-refractivity contribution in [2.45, 2.75) is 45.6 Å². The van der Waals surface area contributed by atoms with E-state index in [0.717, 1.165) is 12.0 Å². The third-order valence-corrected chi connectivity index (χ3v) is 7.93. The van der Waals surface area contributed by atoms with Gasteiger partial charge in [-0.1, -0.05) is 18.7 Å². The number of rotatable bonds is 9. The molecule has 4 rings (SSSR count). The number of aliphatic imine (C=N–C) groups is 1. The molecule has 210 valence electrons. The molecule has 0 aromatic heterocycles. The zero-order valence-corrected chi connectivity index (χ0v) is 23.8. The van der Waals surface area contributed by atoms with Gasteiger partial charge in [0.05, 0.1) is 57.6 Å². The van der Waals surface area contributed by atoms with Crippen LogP contribution in [0.25, 0.3) is 0 Å². The highest BCUT2D eigenvalue weighted by molar-refractivity contribution is 8.16. The van der Waals surface area contributed by atoms with Gasteiger partial charge in [-0.15, -0.1) is 0 Å². The van der Waals surface area contributed by atoms with E-state index in [0.29, 0.717) is 66.2 Å². The van der Waals surface area contributed by atoms with Crippen LogP contribution in [0, 0.1) is 5.92 Å². The fourth-order valence-corrected chi connectivity index (χ4v) is 6.08. The molecule has 0 bridgehead atoms. The first-order valence-electron chi connectivity index (χ1n) is 13.1. The summed E-state index contributed by atoms with van der Waals surface area (Å²) in [5, 5.41) is 2.58. The molecule has 3 aliphatic heterocycles. The normalized spacial score (nSPS) is 20.6. The summed E-state index contributed by atoms with van der Waals surface area (Å²) >= 11 is 1.41. The second-order valence-corrected chi connectivity index (χ2v) is 10.2. The lowest BCUT2D eigenvalue weighted by Crippen LogP contribution is -2.44. The molecule has 3 heterocycles. The van der Waals surface area contributed by atoms with Crippen molar-refractivity contribution in [3.63, 3.8) is 0 Å². The summed E-state index contributed by atoms with van der Waals surface area (Å²) in [7, 11) is 4.48. The number of fused-ring (bicyclic) bond motifs is 1. The van der Waals surface area contributed by atoms with E-state index in [2.05, 4.69) is 0 Å². The zero-order chi connectivity index (χ0) is 28.1. The van der Waals surface area contributed by atoms with E-state index in [4.69, 9.17) is 23.9 Å². The molecule has 10 nitrogen and oxygen atoms in total.